The number of nitrogens with one attached hydrogen (secondary N) is 1. The van der Waals surface area contributed by atoms with Gasteiger partial charge in [0.15, 0.2) is 0 Å². The number of hydrogen-bond donors (Lipinski definition) is 1. The number of nitro groups is 1. The number of nitrogens with zero attached hydrogens (tertiary/aromatic N) is 1. The average molecular weight is 308 g/mol. The van der Waals surface area contributed by atoms with Gasteiger partial charge in [0.2, 0.25) is 0 Å². The molecule has 1 amide bonds. The maximum atomic E-state index is 12.3. The summed E-state index contributed by atoms with van der Waals surface area (Å²) < 4.78 is 4.74. The molecule has 1 aromatic rings. The molecule has 0 fully saturated rings. The van der Waals surface area contributed by atoms with Crippen molar-refractivity contribution in [3.8, 4) is 0 Å². The largest absolute Gasteiger partial charge is 0.467 e. The molecule has 1 unspecified atom stereocenters. The number of benzene rings is 1. The zero-order chi connectivity index (χ0) is 16.9. The van der Waals surface area contributed by atoms with E-state index >= 15 is 0 Å². The summed E-state index contributed by atoms with van der Waals surface area (Å²) in [7, 11) is 1.26. The van der Waals surface area contributed by atoms with E-state index in [0.717, 1.165) is 0 Å². The van der Waals surface area contributed by atoms with Gasteiger partial charge in [-0.05, 0) is 32.4 Å². The Morgan fingerprint density at radius 1 is 1.41 bits per heavy atom. The predicted molar refractivity (Wildman–Crippen MR) is 80.6 cm³/mol. The summed E-state index contributed by atoms with van der Waals surface area (Å²) in [4.78, 5) is 34.5. The highest BCUT2D eigenvalue weighted by Crippen LogP contribution is 2.20. The summed E-state index contributed by atoms with van der Waals surface area (Å²) in [6.07, 6.45) is 1.11. The molecule has 0 heterocycles. The van der Waals surface area contributed by atoms with Crippen molar-refractivity contribution in [3.63, 3.8) is 0 Å². The van der Waals surface area contributed by atoms with Crippen LogP contribution in [0.5, 0.6) is 0 Å². The number of amides is 1. The zero-order valence-corrected chi connectivity index (χ0v) is 13.1. The van der Waals surface area contributed by atoms with E-state index in [1.807, 2.05) is 6.92 Å². The van der Waals surface area contributed by atoms with Gasteiger partial charge in [-0.25, -0.2) is 4.79 Å². The van der Waals surface area contributed by atoms with Gasteiger partial charge in [0.05, 0.1) is 12.0 Å². The highest BCUT2D eigenvalue weighted by molar-refractivity contribution is 5.98. The van der Waals surface area contributed by atoms with Crippen molar-refractivity contribution in [2.45, 2.75) is 39.2 Å². The topological polar surface area (TPSA) is 98.5 Å². The second kappa shape index (κ2) is 7.02. The van der Waals surface area contributed by atoms with E-state index < -0.39 is 22.3 Å². The van der Waals surface area contributed by atoms with Crippen molar-refractivity contribution in [2.24, 2.45) is 0 Å². The van der Waals surface area contributed by atoms with Crippen LogP contribution in [0.1, 0.15) is 42.6 Å². The number of methoxy groups -OCH3 is 1. The quantitative estimate of drug-likeness (QED) is 0.494. The standard InChI is InChI=1S/C15H20N2O5/c1-5-8-15(3,14(19)22-4)16-13(18)11-6-7-12(17(20)21)10(2)9-11/h6-7,9H,5,8H2,1-4H3,(H,16,18). The molecule has 1 N–H and O–H groups in total. The third kappa shape index (κ3) is 3.81. The van der Waals surface area contributed by atoms with Crippen molar-refractivity contribution in [1.82, 2.24) is 5.32 Å². The first-order valence-corrected chi connectivity index (χ1v) is 6.91. The van der Waals surface area contributed by atoms with Gasteiger partial charge < -0.3 is 10.1 Å². The first-order valence-electron chi connectivity index (χ1n) is 6.91. The second-order valence-electron chi connectivity index (χ2n) is 5.29. The van der Waals surface area contributed by atoms with Gasteiger partial charge in [-0.1, -0.05) is 13.3 Å². The number of carbonyl (C=O) groups is 2. The van der Waals surface area contributed by atoms with Crippen LogP contribution in [0.25, 0.3) is 0 Å². The van der Waals surface area contributed by atoms with Crippen molar-refractivity contribution >= 4 is 17.6 Å². The molecule has 7 heteroatoms. The minimum absolute atomic E-state index is 0.0548. The number of rotatable bonds is 6. The van der Waals surface area contributed by atoms with Crippen molar-refractivity contribution < 1.29 is 19.2 Å². The predicted octanol–water partition coefficient (Wildman–Crippen LogP) is 2.36. The summed E-state index contributed by atoms with van der Waals surface area (Å²) >= 11 is 0. The highest BCUT2D eigenvalue weighted by Gasteiger charge is 2.35. The minimum atomic E-state index is -1.13. The summed E-state index contributed by atoms with van der Waals surface area (Å²) in [6.45, 7) is 5.04. The van der Waals surface area contributed by atoms with Crippen LogP contribution in [0.2, 0.25) is 0 Å². The third-order valence-electron chi connectivity index (χ3n) is 3.43. The minimum Gasteiger partial charge on any atom is -0.467 e. The number of nitro benzene ring substituents is 1. The Morgan fingerprint density at radius 3 is 2.50 bits per heavy atom. The van der Waals surface area contributed by atoms with E-state index in [2.05, 4.69) is 5.32 Å². The first kappa shape index (κ1) is 17.6. The number of ether oxygens (including phenoxy) is 1. The molecule has 0 spiro atoms. The molecule has 0 aromatic heterocycles. The molecule has 0 bridgehead atoms. The zero-order valence-electron chi connectivity index (χ0n) is 13.1. The number of esters is 1. The van der Waals surface area contributed by atoms with Crippen LogP contribution in [0.4, 0.5) is 5.69 Å². The number of hydrogen-bond acceptors (Lipinski definition) is 5. The fourth-order valence-corrected chi connectivity index (χ4v) is 2.27. The highest BCUT2D eigenvalue weighted by atomic mass is 16.6. The second-order valence-corrected chi connectivity index (χ2v) is 5.29. The fraction of sp³-hybridized carbons (Fsp3) is 0.467. The van der Waals surface area contributed by atoms with E-state index in [0.29, 0.717) is 18.4 Å². The average Bonchev–Trinajstić information content (AvgIpc) is 2.45. The Morgan fingerprint density at radius 2 is 2.05 bits per heavy atom. The van der Waals surface area contributed by atoms with Gasteiger partial charge in [0.1, 0.15) is 5.54 Å². The Bertz CT molecular complexity index is 600. The molecule has 0 aliphatic carbocycles. The summed E-state index contributed by atoms with van der Waals surface area (Å²) in [5, 5.41) is 13.4. The number of aryl methyl sites for hydroxylation is 1. The lowest BCUT2D eigenvalue weighted by Crippen LogP contribution is -2.52. The monoisotopic (exact) mass is 308 g/mol. The third-order valence-corrected chi connectivity index (χ3v) is 3.43. The molecule has 0 saturated carbocycles. The molecule has 1 atom stereocenters. The normalized spacial score (nSPS) is 13.1. The summed E-state index contributed by atoms with van der Waals surface area (Å²) in [5.41, 5.74) is -0.543. The van der Waals surface area contributed by atoms with E-state index in [1.165, 1.54) is 25.3 Å². The Hall–Kier alpha value is -2.44. The molecule has 0 aliphatic heterocycles. The fourth-order valence-electron chi connectivity index (χ4n) is 2.27. The van der Waals surface area contributed by atoms with Gasteiger partial charge in [0.25, 0.3) is 11.6 Å². The lowest BCUT2D eigenvalue weighted by Gasteiger charge is -2.27. The Kier molecular flexibility index (Phi) is 5.62. The van der Waals surface area contributed by atoms with Gasteiger partial charge in [-0.15, -0.1) is 0 Å². The molecular weight excluding hydrogens is 288 g/mol. The Balaban J connectivity index is 3.03. The van der Waals surface area contributed by atoms with Crippen LogP contribution >= 0.6 is 0 Å². The number of carbonyl (C=O) groups excluding carboxylic acids is 2. The van der Waals surface area contributed by atoms with Crippen molar-refractivity contribution in [1.29, 1.82) is 0 Å². The van der Waals surface area contributed by atoms with Crippen LogP contribution in [0.15, 0.2) is 18.2 Å². The molecule has 1 aromatic carbocycles. The summed E-state index contributed by atoms with van der Waals surface area (Å²) in [5.74, 6) is -0.999. The molecule has 7 nitrogen and oxygen atoms in total. The maximum Gasteiger partial charge on any atom is 0.331 e. The van der Waals surface area contributed by atoms with Crippen LogP contribution in [-0.2, 0) is 9.53 Å². The van der Waals surface area contributed by atoms with Crippen LogP contribution in [0.3, 0.4) is 0 Å². The summed E-state index contributed by atoms with van der Waals surface area (Å²) in [6, 6.07) is 4.07. The van der Waals surface area contributed by atoms with E-state index in [9.17, 15) is 19.7 Å². The molecule has 120 valence electrons. The first-order chi connectivity index (χ1) is 10.2. The van der Waals surface area contributed by atoms with Crippen LogP contribution in [-0.4, -0.2) is 29.4 Å². The molecule has 0 saturated heterocycles. The van der Waals surface area contributed by atoms with Crippen molar-refractivity contribution in [2.75, 3.05) is 7.11 Å². The van der Waals surface area contributed by atoms with Crippen LogP contribution in [0, 0.1) is 17.0 Å². The van der Waals surface area contributed by atoms with E-state index in [-0.39, 0.29) is 11.3 Å². The van der Waals surface area contributed by atoms with Gasteiger partial charge >= 0.3 is 5.97 Å². The van der Waals surface area contributed by atoms with Gasteiger partial charge in [0, 0.05) is 17.2 Å². The molecule has 1 rings (SSSR count). The Labute approximate surface area is 128 Å². The molecule has 0 aliphatic rings. The van der Waals surface area contributed by atoms with Gasteiger partial charge in [-0.3, -0.25) is 14.9 Å². The molecular formula is C15H20N2O5. The lowest BCUT2D eigenvalue weighted by atomic mass is 9.95. The van der Waals surface area contributed by atoms with E-state index in [1.54, 1.807) is 13.8 Å². The van der Waals surface area contributed by atoms with Gasteiger partial charge in [-0.2, -0.15) is 0 Å². The van der Waals surface area contributed by atoms with E-state index in [4.69, 9.17) is 4.74 Å². The smallest absolute Gasteiger partial charge is 0.331 e. The van der Waals surface area contributed by atoms with Crippen molar-refractivity contribution in [3.05, 3.63) is 39.4 Å². The lowest BCUT2D eigenvalue weighted by molar-refractivity contribution is -0.385. The SMILES string of the molecule is CCCC(C)(NC(=O)c1ccc([N+](=O)[O-])c(C)c1)C(=O)OC. The van der Waals surface area contributed by atoms with Crippen LogP contribution < -0.4 is 5.32 Å². The maximum absolute atomic E-state index is 12.3. The molecule has 22 heavy (non-hydrogen) atoms. The molecule has 0 radical (unpaired) electrons.